The van der Waals surface area contributed by atoms with Gasteiger partial charge >= 0.3 is 0 Å². The van der Waals surface area contributed by atoms with Crippen LogP contribution in [-0.4, -0.2) is 75.8 Å². The summed E-state index contributed by atoms with van der Waals surface area (Å²) in [5.41, 5.74) is 1.22. The zero-order chi connectivity index (χ0) is 18.4. The lowest BCUT2D eigenvalue weighted by atomic mass is 10.1. The first-order chi connectivity index (χ1) is 12.7. The van der Waals surface area contributed by atoms with Crippen molar-refractivity contribution < 1.29 is 14.7 Å². The summed E-state index contributed by atoms with van der Waals surface area (Å²) in [5.74, 6) is -0.135. The molecule has 8 heteroatoms. The molecule has 2 aliphatic heterocycles. The van der Waals surface area contributed by atoms with Gasteiger partial charge in [0.1, 0.15) is 0 Å². The Balaban J connectivity index is 1.56. The number of amides is 2. The van der Waals surface area contributed by atoms with Crippen LogP contribution >= 0.6 is 0 Å². The monoisotopic (exact) mass is 363 g/mol. The van der Waals surface area contributed by atoms with Gasteiger partial charge in [0.2, 0.25) is 5.91 Å². The predicted octanol–water partition coefficient (Wildman–Crippen LogP) is 0.214. The van der Waals surface area contributed by atoms with Crippen molar-refractivity contribution in [1.82, 2.24) is 24.9 Å². The van der Waals surface area contributed by atoms with Gasteiger partial charge in [-0.25, -0.2) is 0 Å². The van der Waals surface area contributed by atoms with Gasteiger partial charge in [0.25, 0.3) is 5.91 Å². The van der Waals surface area contributed by atoms with E-state index in [0.717, 1.165) is 18.8 Å². The third-order valence-corrected chi connectivity index (χ3v) is 5.09. The number of hydrogen-bond acceptors (Lipinski definition) is 5. The van der Waals surface area contributed by atoms with E-state index in [1.807, 2.05) is 4.90 Å². The molecule has 2 N–H and O–H groups in total. The van der Waals surface area contributed by atoms with Crippen molar-refractivity contribution in [1.29, 1.82) is 0 Å². The summed E-state index contributed by atoms with van der Waals surface area (Å²) in [5, 5.41) is 15.7. The number of aliphatic hydroxyl groups excluding tert-OH is 1. The number of nitrogens with zero attached hydrogens (tertiary/aromatic N) is 4. The van der Waals surface area contributed by atoms with Gasteiger partial charge in [-0.3, -0.25) is 19.2 Å². The molecule has 1 aromatic heterocycles. The van der Waals surface area contributed by atoms with Crippen molar-refractivity contribution in [2.45, 2.75) is 45.2 Å². The van der Waals surface area contributed by atoms with E-state index in [1.165, 1.54) is 32.1 Å². The highest BCUT2D eigenvalue weighted by atomic mass is 16.3. The van der Waals surface area contributed by atoms with Gasteiger partial charge in [-0.15, -0.1) is 0 Å². The number of carbonyl (C=O) groups is 2. The van der Waals surface area contributed by atoms with Crippen LogP contribution in [0.25, 0.3) is 0 Å². The SMILES string of the molecule is O=C(NCCO)c1cc2n(n1)CCN(C(=O)CN1CCCCCCC1)C2. The van der Waals surface area contributed by atoms with Crippen molar-refractivity contribution in [3.05, 3.63) is 17.5 Å². The second-order valence-electron chi connectivity index (χ2n) is 7.08. The van der Waals surface area contributed by atoms with Crippen LogP contribution in [0.5, 0.6) is 0 Å². The highest BCUT2D eigenvalue weighted by molar-refractivity contribution is 5.92. The first-order valence-electron chi connectivity index (χ1n) is 9.63. The molecule has 1 aromatic rings. The molecular weight excluding hydrogens is 334 g/mol. The maximum absolute atomic E-state index is 12.7. The summed E-state index contributed by atoms with van der Waals surface area (Å²) in [4.78, 5) is 28.8. The first-order valence-corrected chi connectivity index (χ1v) is 9.63. The van der Waals surface area contributed by atoms with E-state index >= 15 is 0 Å². The fraction of sp³-hybridized carbons (Fsp3) is 0.722. The highest BCUT2D eigenvalue weighted by Gasteiger charge is 2.25. The van der Waals surface area contributed by atoms with E-state index in [1.54, 1.807) is 10.7 Å². The molecule has 0 spiro atoms. The maximum Gasteiger partial charge on any atom is 0.271 e. The van der Waals surface area contributed by atoms with Gasteiger partial charge in [0.15, 0.2) is 5.69 Å². The fourth-order valence-corrected chi connectivity index (χ4v) is 3.61. The van der Waals surface area contributed by atoms with E-state index in [4.69, 9.17) is 5.11 Å². The Morgan fingerprint density at radius 1 is 1.08 bits per heavy atom. The molecule has 0 aromatic carbocycles. The van der Waals surface area contributed by atoms with Crippen molar-refractivity contribution in [3.8, 4) is 0 Å². The molecule has 2 amide bonds. The Hall–Kier alpha value is -1.93. The molecule has 0 atom stereocenters. The summed E-state index contributed by atoms with van der Waals surface area (Å²) in [6.07, 6.45) is 6.17. The highest BCUT2D eigenvalue weighted by Crippen LogP contribution is 2.15. The Kier molecular flexibility index (Phi) is 6.62. The Morgan fingerprint density at radius 2 is 1.81 bits per heavy atom. The summed E-state index contributed by atoms with van der Waals surface area (Å²) >= 11 is 0. The summed E-state index contributed by atoms with van der Waals surface area (Å²) < 4.78 is 1.80. The molecule has 1 fully saturated rings. The second kappa shape index (κ2) is 9.14. The van der Waals surface area contributed by atoms with Crippen LogP contribution in [0.4, 0.5) is 0 Å². The lowest BCUT2D eigenvalue weighted by molar-refractivity contribution is -0.134. The molecule has 26 heavy (non-hydrogen) atoms. The lowest BCUT2D eigenvalue weighted by Crippen LogP contribution is -2.44. The molecule has 0 unspecified atom stereocenters. The smallest absolute Gasteiger partial charge is 0.271 e. The van der Waals surface area contributed by atoms with Crippen LogP contribution < -0.4 is 5.32 Å². The van der Waals surface area contributed by atoms with Crippen LogP contribution in [0.15, 0.2) is 6.07 Å². The van der Waals surface area contributed by atoms with E-state index in [0.29, 0.717) is 31.9 Å². The minimum Gasteiger partial charge on any atom is -0.395 e. The van der Waals surface area contributed by atoms with E-state index in [-0.39, 0.29) is 25.0 Å². The number of nitrogens with one attached hydrogen (secondary N) is 1. The quantitative estimate of drug-likeness (QED) is 0.781. The minimum atomic E-state index is -0.292. The van der Waals surface area contributed by atoms with Gasteiger partial charge in [0, 0.05) is 13.1 Å². The van der Waals surface area contributed by atoms with Crippen LogP contribution in [0.2, 0.25) is 0 Å². The van der Waals surface area contributed by atoms with E-state index < -0.39 is 0 Å². The summed E-state index contributed by atoms with van der Waals surface area (Å²) in [6, 6.07) is 1.74. The average Bonchev–Trinajstić information content (AvgIpc) is 3.05. The van der Waals surface area contributed by atoms with Crippen LogP contribution in [-0.2, 0) is 17.9 Å². The summed E-state index contributed by atoms with van der Waals surface area (Å²) in [7, 11) is 0. The minimum absolute atomic E-state index is 0.0991. The van der Waals surface area contributed by atoms with Gasteiger partial charge in [0.05, 0.1) is 31.9 Å². The largest absolute Gasteiger partial charge is 0.395 e. The fourth-order valence-electron chi connectivity index (χ4n) is 3.61. The number of rotatable bonds is 5. The van der Waals surface area contributed by atoms with Crippen molar-refractivity contribution in [2.75, 3.05) is 39.3 Å². The molecule has 2 aliphatic rings. The standard InChI is InChI=1S/C18H29N5O3/c24-11-6-19-18(26)16-12-15-13-22(9-10-23(15)20-16)17(25)14-21-7-4-2-1-3-5-8-21/h12,24H,1-11,13-14H2,(H,19,26). The molecular formula is C18H29N5O3. The van der Waals surface area contributed by atoms with Crippen molar-refractivity contribution in [3.63, 3.8) is 0 Å². The molecule has 144 valence electrons. The number of aromatic nitrogens is 2. The lowest BCUT2D eigenvalue weighted by Gasteiger charge is -2.31. The predicted molar refractivity (Wildman–Crippen MR) is 96.6 cm³/mol. The molecule has 0 aliphatic carbocycles. The van der Waals surface area contributed by atoms with Gasteiger partial charge in [-0.1, -0.05) is 19.3 Å². The Labute approximate surface area is 154 Å². The number of aliphatic hydroxyl groups is 1. The van der Waals surface area contributed by atoms with E-state index in [9.17, 15) is 9.59 Å². The van der Waals surface area contributed by atoms with Gasteiger partial charge in [-0.05, 0) is 32.0 Å². The third-order valence-electron chi connectivity index (χ3n) is 5.09. The number of carbonyl (C=O) groups excluding carboxylic acids is 2. The van der Waals surface area contributed by atoms with Crippen molar-refractivity contribution >= 4 is 11.8 Å². The summed E-state index contributed by atoms with van der Waals surface area (Å²) in [6.45, 7) is 4.33. The molecule has 3 rings (SSSR count). The normalized spacial score (nSPS) is 18.7. The van der Waals surface area contributed by atoms with Crippen LogP contribution in [0.3, 0.4) is 0 Å². The zero-order valence-electron chi connectivity index (χ0n) is 15.3. The topological polar surface area (TPSA) is 90.7 Å². The number of fused-ring (bicyclic) bond motifs is 1. The van der Waals surface area contributed by atoms with E-state index in [2.05, 4.69) is 15.3 Å². The van der Waals surface area contributed by atoms with Crippen LogP contribution in [0, 0.1) is 0 Å². The molecule has 1 saturated heterocycles. The molecule has 0 radical (unpaired) electrons. The van der Waals surface area contributed by atoms with Gasteiger partial charge < -0.3 is 15.3 Å². The Morgan fingerprint density at radius 3 is 2.54 bits per heavy atom. The second-order valence-corrected chi connectivity index (χ2v) is 7.08. The number of likely N-dealkylation sites (tertiary alicyclic amines) is 1. The number of hydrogen-bond donors (Lipinski definition) is 2. The molecule has 0 saturated carbocycles. The molecule has 0 bridgehead atoms. The zero-order valence-corrected chi connectivity index (χ0v) is 15.3. The third kappa shape index (κ3) is 4.82. The molecule has 3 heterocycles. The maximum atomic E-state index is 12.7. The average molecular weight is 363 g/mol. The van der Waals surface area contributed by atoms with Crippen molar-refractivity contribution in [2.24, 2.45) is 0 Å². The van der Waals surface area contributed by atoms with Crippen LogP contribution in [0.1, 0.15) is 48.3 Å². The molecule has 8 nitrogen and oxygen atoms in total. The first kappa shape index (κ1) is 18.8. The Bertz CT molecular complexity index is 622. The van der Waals surface area contributed by atoms with Gasteiger partial charge in [-0.2, -0.15) is 5.10 Å².